The Morgan fingerprint density at radius 2 is 0.583 bits per heavy atom. The van der Waals surface area contributed by atoms with Gasteiger partial charge >= 0.3 is 0 Å². The van der Waals surface area contributed by atoms with Crippen molar-refractivity contribution >= 4 is 34.1 Å². The molecule has 242 valence electrons. The molecule has 0 N–H and O–H groups in total. The zero-order valence-electron chi connectivity index (χ0n) is 28.2. The second-order valence-corrected chi connectivity index (χ2v) is 11.5. The molecule has 6 nitrogen and oxygen atoms in total. The topological polar surface area (TPSA) is 43.4 Å². The maximum absolute atomic E-state index is 5.43. The highest BCUT2D eigenvalue weighted by atomic mass is 16.5. The molecule has 0 aliphatic carbocycles. The van der Waals surface area contributed by atoms with Gasteiger partial charge in [0.2, 0.25) is 0 Å². The standard InChI is InChI=1S/C42H40N2O4/c1-29-27-31(7-25-41(29)43(33-9-17-37(45-3)18-10-33)34-11-19-38(46-4)20-12-34)32-8-26-42(30(2)28-32)44(35-13-21-39(47-5)22-14-35)36-15-23-40(48-6)24-16-36/h7-28H,1-6H3. The first-order chi connectivity index (χ1) is 23.4. The summed E-state index contributed by atoms with van der Waals surface area (Å²) >= 11 is 0. The van der Waals surface area contributed by atoms with Crippen LogP contribution in [0.4, 0.5) is 34.1 Å². The Labute approximate surface area is 283 Å². The van der Waals surface area contributed by atoms with Gasteiger partial charge in [-0.05, 0) is 157 Å². The Balaban J connectivity index is 1.37. The third kappa shape index (κ3) is 6.65. The Bertz CT molecular complexity index is 1730. The van der Waals surface area contributed by atoms with Crippen LogP contribution >= 0.6 is 0 Å². The Kier molecular flexibility index (Phi) is 9.53. The van der Waals surface area contributed by atoms with Crippen molar-refractivity contribution in [3.63, 3.8) is 0 Å². The lowest BCUT2D eigenvalue weighted by atomic mass is 9.98. The highest BCUT2D eigenvalue weighted by Crippen LogP contribution is 2.41. The van der Waals surface area contributed by atoms with Crippen LogP contribution in [0.15, 0.2) is 133 Å². The van der Waals surface area contributed by atoms with Crippen molar-refractivity contribution in [2.45, 2.75) is 13.8 Å². The minimum atomic E-state index is 0.817. The lowest BCUT2D eigenvalue weighted by Crippen LogP contribution is -2.12. The van der Waals surface area contributed by atoms with Crippen LogP contribution in [0.25, 0.3) is 11.1 Å². The van der Waals surface area contributed by atoms with E-state index in [9.17, 15) is 0 Å². The molecule has 0 aliphatic heterocycles. The van der Waals surface area contributed by atoms with Gasteiger partial charge in [-0.1, -0.05) is 12.1 Å². The molecule has 0 saturated heterocycles. The Morgan fingerprint density at radius 1 is 0.333 bits per heavy atom. The molecule has 0 aromatic heterocycles. The van der Waals surface area contributed by atoms with Gasteiger partial charge < -0.3 is 28.7 Å². The predicted octanol–water partition coefficient (Wildman–Crippen LogP) is 10.9. The first kappa shape index (κ1) is 32.1. The summed E-state index contributed by atoms with van der Waals surface area (Å²) in [5.41, 5.74) is 10.9. The van der Waals surface area contributed by atoms with Crippen LogP contribution in [0.5, 0.6) is 23.0 Å². The van der Waals surface area contributed by atoms with Gasteiger partial charge in [-0.15, -0.1) is 0 Å². The average molecular weight is 637 g/mol. The fraction of sp³-hybridized carbons (Fsp3) is 0.143. The van der Waals surface area contributed by atoms with E-state index >= 15 is 0 Å². The molecule has 0 spiro atoms. The molecule has 6 heteroatoms. The summed E-state index contributed by atoms with van der Waals surface area (Å²) in [4.78, 5) is 4.52. The first-order valence-electron chi connectivity index (χ1n) is 15.8. The van der Waals surface area contributed by atoms with E-state index in [1.54, 1.807) is 28.4 Å². The van der Waals surface area contributed by atoms with E-state index in [-0.39, 0.29) is 0 Å². The smallest absolute Gasteiger partial charge is 0.119 e. The van der Waals surface area contributed by atoms with Gasteiger partial charge in [0.15, 0.2) is 0 Å². The van der Waals surface area contributed by atoms with Gasteiger partial charge in [-0.2, -0.15) is 0 Å². The van der Waals surface area contributed by atoms with Crippen molar-refractivity contribution in [1.82, 2.24) is 0 Å². The average Bonchev–Trinajstić information content (AvgIpc) is 3.14. The molecule has 0 saturated carbocycles. The van der Waals surface area contributed by atoms with Gasteiger partial charge in [0.05, 0.1) is 28.4 Å². The second kappa shape index (κ2) is 14.3. The van der Waals surface area contributed by atoms with Crippen molar-refractivity contribution < 1.29 is 18.9 Å². The van der Waals surface area contributed by atoms with E-state index in [0.29, 0.717) is 0 Å². The first-order valence-corrected chi connectivity index (χ1v) is 15.8. The summed E-state index contributed by atoms with van der Waals surface area (Å²) in [6.45, 7) is 4.32. The Morgan fingerprint density at radius 3 is 0.792 bits per heavy atom. The van der Waals surface area contributed by atoms with E-state index in [1.807, 2.05) is 48.5 Å². The summed E-state index contributed by atoms with van der Waals surface area (Å²) in [6, 6.07) is 45.8. The van der Waals surface area contributed by atoms with Crippen molar-refractivity contribution in [1.29, 1.82) is 0 Å². The molecule has 6 aromatic rings. The summed E-state index contributed by atoms with van der Waals surface area (Å²) < 4.78 is 21.7. The van der Waals surface area contributed by atoms with Crippen molar-refractivity contribution in [2.24, 2.45) is 0 Å². The second-order valence-electron chi connectivity index (χ2n) is 11.5. The number of nitrogens with zero attached hydrogens (tertiary/aromatic N) is 2. The third-order valence-electron chi connectivity index (χ3n) is 8.53. The molecule has 0 aliphatic rings. The highest BCUT2D eigenvalue weighted by molar-refractivity contribution is 5.83. The molecule has 48 heavy (non-hydrogen) atoms. The number of aryl methyl sites for hydroxylation is 2. The SMILES string of the molecule is COc1ccc(N(c2ccc(OC)cc2)c2ccc(-c3ccc(N(c4ccc(OC)cc4)c4ccc(OC)cc4)c(C)c3)cc2C)cc1. The fourth-order valence-corrected chi connectivity index (χ4v) is 5.95. The molecule has 0 amide bonds. The number of rotatable bonds is 11. The van der Waals surface area contributed by atoms with E-state index in [1.165, 1.54) is 0 Å². The predicted molar refractivity (Wildman–Crippen MR) is 197 cm³/mol. The molecule has 0 fully saturated rings. The maximum Gasteiger partial charge on any atom is 0.119 e. The summed E-state index contributed by atoms with van der Waals surface area (Å²) in [6.07, 6.45) is 0. The minimum Gasteiger partial charge on any atom is -0.497 e. The number of hydrogen-bond donors (Lipinski definition) is 0. The zero-order valence-corrected chi connectivity index (χ0v) is 28.2. The summed E-state index contributed by atoms with van der Waals surface area (Å²) in [5.74, 6) is 3.27. The normalized spacial score (nSPS) is 10.7. The summed E-state index contributed by atoms with van der Waals surface area (Å²) in [5, 5.41) is 0. The molecule has 0 radical (unpaired) electrons. The molecule has 0 atom stereocenters. The zero-order chi connectivity index (χ0) is 33.6. The highest BCUT2D eigenvalue weighted by Gasteiger charge is 2.18. The van der Waals surface area contributed by atoms with Crippen LogP contribution in [0.2, 0.25) is 0 Å². The van der Waals surface area contributed by atoms with E-state index in [4.69, 9.17) is 18.9 Å². The van der Waals surface area contributed by atoms with Gasteiger partial charge in [0.1, 0.15) is 23.0 Å². The number of ether oxygens (including phenoxy) is 4. The van der Waals surface area contributed by atoms with Crippen molar-refractivity contribution in [2.75, 3.05) is 38.2 Å². The number of methoxy groups -OCH3 is 4. The van der Waals surface area contributed by atoms with Crippen molar-refractivity contribution in [3.8, 4) is 34.1 Å². The van der Waals surface area contributed by atoms with Crippen LogP contribution in [-0.2, 0) is 0 Å². The molecule has 0 heterocycles. The lowest BCUT2D eigenvalue weighted by Gasteiger charge is -2.28. The largest absolute Gasteiger partial charge is 0.497 e. The lowest BCUT2D eigenvalue weighted by molar-refractivity contribution is 0.414. The van der Waals surface area contributed by atoms with Gasteiger partial charge in [-0.3, -0.25) is 0 Å². The van der Waals surface area contributed by atoms with Crippen LogP contribution in [0.3, 0.4) is 0 Å². The molecule has 0 bridgehead atoms. The quantitative estimate of drug-likeness (QED) is 0.141. The van der Waals surface area contributed by atoms with Crippen molar-refractivity contribution in [3.05, 3.63) is 145 Å². The van der Waals surface area contributed by atoms with Gasteiger partial charge in [0.25, 0.3) is 0 Å². The molecule has 6 rings (SSSR count). The van der Waals surface area contributed by atoms with E-state index < -0.39 is 0 Å². The molecule has 0 unspecified atom stereocenters. The number of benzene rings is 6. The summed E-state index contributed by atoms with van der Waals surface area (Å²) in [7, 11) is 6.73. The fourth-order valence-electron chi connectivity index (χ4n) is 5.95. The van der Waals surface area contributed by atoms with Crippen LogP contribution in [0, 0.1) is 13.8 Å². The van der Waals surface area contributed by atoms with Crippen LogP contribution < -0.4 is 28.7 Å². The third-order valence-corrected chi connectivity index (χ3v) is 8.53. The van der Waals surface area contributed by atoms with Gasteiger partial charge in [-0.25, -0.2) is 0 Å². The number of hydrogen-bond acceptors (Lipinski definition) is 6. The van der Waals surface area contributed by atoms with Crippen LogP contribution in [-0.4, -0.2) is 28.4 Å². The monoisotopic (exact) mass is 636 g/mol. The molecule has 6 aromatic carbocycles. The van der Waals surface area contributed by atoms with E-state index in [2.05, 4.69) is 109 Å². The van der Waals surface area contributed by atoms with Crippen LogP contribution in [0.1, 0.15) is 11.1 Å². The maximum atomic E-state index is 5.43. The minimum absolute atomic E-state index is 0.817. The molecular weight excluding hydrogens is 596 g/mol. The number of anilines is 6. The molecular formula is C42H40N2O4. The Hall–Kier alpha value is -5.88. The van der Waals surface area contributed by atoms with Gasteiger partial charge in [0, 0.05) is 34.1 Å². The van der Waals surface area contributed by atoms with E-state index in [0.717, 1.165) is 79.4 Å².